The number of nitrogens with one attached hydrogen (secondary N) is 1. The van der Waals surface area contributed by atoms with Gasteiger partial charge in [0, 0.05) is 39.8 Å². The van der Waals surface area contributed by atoms with Crippen LogP contribution in [-0.4, -0.2) is 69.9 Å². The number of para-hydroxylation sites is 2. The summed E-state index contributed by atoms with van der Waals surface area (Å²) in [6, 6.07) is 8.20. The quantitative estimate of drug-likeness (QED) is 0.791. The number of hydrogen-bond donors (Lipinski definition) is 1. The van der Waals surface area contributed by atoms with Crippen LogP contribution >= 0.6 is 0 Å². The van der Waals surface area contributed by atoms with E-state index in [4.69, 9.17) is 9.47 Å². The van der Waals surface area contributed by atoms with E-state index >= 15 is 0 Å². The average Bonchev–Trinajstić information content (AvgIpc) is 2.87. The van der Waals surface area contributed by atoms with E-state index in [1.807, 2.05) is 18.2 Å². The lowest BCUT2D eigenvalue weighted by Crippen LogP contribution is -2.54. The molecule has 0 aliphatic carbocycles. The number of carbonyl (C=O) groups excluding carboxylic acids is 1. The molecule has 2 heterocycles. The third kappa shape index (κ3) is 4.64. The van der Waals surface area contributed by atoms with Crippen molar-refractivity contribution in [1.29, 1.82) is 0 Å². The second-order valence-electron chi connectivity index (χ2n) is 6.63. The number of rotatable bonds is 6. The van der Waals surface area contributed by atoms with Gasteiger partial charge in [-0.2, -0.15) is 0 Å². The minimum Gasteiger partial charge on any atom is -0.489 e. The van der Waals surface area contributed by atoms with E-state index in [-0.39, 0.29) is 11.9 Å². The van der Waals surface area contributed by atoms with Crippen LogP contribution in [0.25, 0.3) is 0 Å². The summed E-state index contributed by atoms with van der Waals surface area (Å²) in [5, 5.41) is 3.05. The first kappa shape index (κ1) is 18.0. The molecule has 2 aliphatic heterocycles. The number of anilines is 1. The number of benzene rings is 1. The van der Waals surface area contributed by atoms with E-state index < -0.39 is 0 Å². The molecule has 6 nitrogen and oxygen atoms in total. The molecule has 2 aliphatic rings. The molecule has 3 rings (SSSR count). The van der Waals surface area contributed by atoms with Crippen LogP contribution in [0.4, 0.5) is 5.69 Å². The standard InChI is InChI=1S/C19H29N3O3/c1-24-14-15-25-18-8-3-2-6-16(18)21-10-12-22(13-11-21)17-7-4-5-9-20-19(17)23/h2-3,6,8,17H,4-5,7,9-15H2,1H3,(H,20,23)/t17-/m0/s1. The van der Waals surface area contributed by atoms with Gasteiger partial charge in [0.05, 0.1) is 18.3 Å². The number of methoxy groups -OCH3 is 1. The Bertz CT molecular complexity index is 559. The molecule has 0 spiro atoms. The molecule has 1 aromatic rings. The Morgan fingerprint density at radius 3 is 2.72 bits per heavy atom. The van der Waals surface area contributed by atoms with Crippen LogP contribution in [-0.2, 0) is 9.53 Å². The molecule has 2 saturated heterocycles. The van der Waals surface area contributed by atoms with Gasteiger partial charge in [-0.05, 0) is 31.4 Å². The van der Waals surface area contributed by atoms with Crippen molar-refractivity contribution in [3.05, 3.63) is 24.3 Å². The molecule has 25 heavy (non-hydrogen) atoms. The zero-order chi connectivity index (χ0) is 17.5. The van der Waals surface area contributed by atoms with E-state index in [1.165, 1.54) is 0 Å². The first-order valence-electron chi connectivity index (χ1n) is 9.27. The molecule has 0 unspecified atom stereocenters. The Balaban J connectivity index is 1.59. The van der Waals surface area contributed by atoms with Gasteiger partial charge in [0.1, 0.15) is 12.4 Å². The SMILES string of the molecule is COCCOc1ccccc1N1CCN([C@H]2CCCCNC2=O)CC1. The lowest BCUT2D eigenvalue weighted by molar-refractivity contribution is -0.126. The fraction of sp³-hybridized carbons (Fsp3) is 0.632. The van der Waals surface area contributed by atoms with E-state index in [0.717, 1.165) is 63.4 Å². The molecule has 1 atom stereocenters. The number of ether oxygens (including phenoxy) is 2. The van der Waals surface area contributed by atoms with Crippen molar-refractivity contribution in [3.63, 3.8) is 0 Å². The van der Waals surface area contributed by atoms with Gasteiger partial charge in [0.25, 0.3) is 0 Å². The Hall–Kier alpha value is -1.79. The van der Waals surface area contributed by atoms with Crippen LogP contribution < -0.4 is 15.0 Å². The third-order valence-corrected chi connectivity index (χ3v) is 5.01. The highest BCUT2D eigenvalue weighted by atomic mass is 16.5. The van der Waals surface area contributed by atoms with Crippen LogP contribution in [0.15, 0.2) is 24.3 Å². The Morgan fingerprint density at radius 2 is 1.92 bits per heavy atom. The summed E-state index contributed by atoms with van der Waals surface area (Å²) in [7, 11) is 1.68. The summed E-state index contributed by atoms with van der Waals surface area (Å²) in [4.78, 5) is 17.0. The maximum absolute atomic E-state index is 12.3. The molecule has 1 aromatic carbocycles. The maximum Gasteiger partial charge on any atom is 0.237 e. The minimum absolute atomic E-state index is 0.0397. The predicted molar refractivity (Wildman–Crippen MR) is 98.2 cm³/mol. The van der Waals surface area contributed by atoms with Gasteiger partial charge >= 0.3 is 0 Å². The van der Waals surface area contributed by atoms with Crippen molar-refractivity contribution >= 4 is 11.6 Å². The Labute approximate surface area is 150 Å². The monoisotopic (exact) mass is 347 g/mol. The van der Waals surface area contributed by atoms with Gasteiger partial charge in [0.2, 0.25) is 5.91 Å². The molecule has 0 bridgehead atoms. The van der Waals surface area contributed by atoms with Gasteiger partial charge in [-0.25, -0.2) is 0 Å². The van der Waals surface area contributed by atoms with E-state index in [9.17, 15) is 4.79 Å². The highest BCUT2D eigenvalue weighted by Crippen LogP contribution is 2.29. The van der Waals surface area contributed by atoms with Crippen molar-refractivity contribution < 1.29 is 14.3 Å². The largest absolute Gasteiger partial charge is 0.489 e. The van der Waals surface area contributed by atoms with Gasteiger partial charge in [-0.1, -0.05) is 12.1 Å². The van der Waals surface area contributed by atoms with Crippen molar-refractivity contribution in [3.8, 4) is 5.75 Å². The van der Waals surface area contributed by atoms with E-state index in [1.54, 1.807) is 7.11 Å². The molecule has 1 N–H and O–H groups in total. The molecule has 6 heteroatoms. The lowest BCUT2D eigenvalue weighted by Gasteiger charge is -2.39. The normalized spacial score (nSPS) is 22.4. The summed E-state index contributed by atoms with van der Waals surface area (Å²) < 4.78 is 10.9. The minimum atomic E-state index is 0.0397. The number of hydrogen-bond acceptors (Lipinski definition) is 5. The zero-order valence-electron chi connectivity index (χ0n) is 15.1. The molecule has 138 valence electrons. The number of nitrogens with zero attached hydrogens (tertiary/aromatic N) is 2. The molecule has 1 amide bonds. The average molecular weight is 347 g/mol. The van der Waals surface area contributed by atoms with Gasteiger partial charge < -0.3 is 19.7 Å². The van der Waals surface area contributed by atoms with Crippen molar-refractivity contribution in [1.82, 2.24) is 10.2 Å². The molecular weight excluding hydrogens is 318 g/mol. The van der Waals surface area contributed by atoms with Crippen LogP contribution in [0.1, 0.15) is 19.3 Å². The number of piperazine rings is 1. The van der Waals surface area contributed by atoms with Gasteiger partial charge in [0.15, 0.2) is 0 Å². The van der Waals surface area contributed by atoms with Crippen LogP contribution in [0.3, 0.4) is 0 Å². The second-order valence-corrected chi connectivity index (χ2v) is 6.63. The summed E-state index contributed by atoms with van der Waals surface area (Å²) in [6.07, 6.45) is 3.19. The first-order chi connectivity index (χ1) is 12.3. The van der Waals surface area contributed by atoms with Crippen LogP contribution in [0.2, 0.25) is 0 Å². The van der Waals surface area contributed by atoms with Gasteiger partial charge in [-0.15, -0.1) is 0 Å². The topological polar surface area (TPSA) is 54.0 Å². The summed E-state index contributed by atoms with van der Waals surface area (Å²) in [5.74, 6) is 1.11. The second kappa shape index (κ2) is 9.06. The predicted octanol–water partition coefficient (Wildman–Crippen LogP) is 1.50. The summed E-state index contributed by atoms with van der Waals surface area (Å²) >= 11 is 0. The zero-order valence-corrected chi connectivity index (χ0v) is 15.1. The Kier molecular flexibility index (Phi) is 6.53. The Morgan fingerprint density at radius 1 is 1.12 bits per heavy atom. The number of carbonyl (C=O) groups is 1. The van der Waals surface area contributed by atoms with Crippen molar-refractivity contribution in [2.24, 2.45) is 0 Å². The number of amides is 1. The molecule has 0 aromatic heterocycles. The highest BCUT2D eigenvalue weighted by molar-refractivity contribution is 5.82. The van der Waals surface area contributed by atoms with Crippen LogP contribution in [0, 0.1) is 0 Å². The molecule has 2 fully saturated rings. The van der Waals surface area contributed by atoms with E-state index in [0.29, 0.717) is 13.2 Å². The van der Waals surface area contributed by atoms with Crippen LogP contribution in [0.5, 0.6) is 5.75 Å². The van der Waals surface area contributed by atoms with Gasteiger partial charge in [-0.3, -0.25) is 9.69 Å². The summed E-state index contributed by atoms with van der Waals surface area (Å²) in [6.45, 7) is 5.59. The van der Waals surface area contributed by atoms with Crippen molar-refractivity contribution in [2.75, 3.05) is 57.9 Å². The molecule has 0 radical (unpaired) electrons. The fourth-order valence-electron chi connectivity index (χ4n) is 3.62. The van der Waals surface area contributed by atoms with Crippen molar-refractivity contribution in [2.45, 2.75) is 25.3 Å². The maximum atomic E-state index is 12.3. The van der Waals surface area contributed by atoms with E-state index in [2.05, 4.69) is 21.2 Å². The lowest BCUT2D eigenvalue weighted by atomic mass is 10.1. The first-order valence-corrected chi connectivity index (χ1v) is 9.27. The third-order valence-electron chi connectivity index (χ3n) is 5.01. The fourth-order valence-corrected chi connectivity index (χ4v) is 3.62. The molecule has 0 saturated carbocycles. The smallest absolute Gasteiger partial charge is 0.237 e. The highest BCUT2D eigenvalue weighted by Gasteiger charge is 2.30. The summed E-state index contributed by atoms with van der Waals surface area (Å²) in [5.41, 5.74) is 1.13. The molecular formula is C19H29N3O3.